The quantitative estimate of drug-likeness (QED) is 0.580. The molecular weight excluding hydrogens is 232 g/mol. The van der Waals surface area contributed by atoms with Crippen LogP contribution in [-0.4, -0.2) is 24.1 Å². The number of carbonyl (C=O) groups excluding carboxylic acids is 2. The molecule has 1 aliphatic carbocycles. The maximum Gasteiger partial charge on any atom is 0.347 e. The predicted molar refractivity (Wildman–Crippen MR) is 66.4 cm³/mol. The summed E-state index contributed by atoms with van der Waals surface area (Å²) in [6.07, 6.45) is 8.04. The average Bonchev–Trinajstić information content (AvgIpc) is 2.68. The summed E-state index contributed by atoms with van der Waals surface area (Å²) in [5.74, 6) is 0.00388. The van der Waals surface area contributed by atoms with Gasteiger partial charge in [-0.1, -0.05) is 32.1 Å². The monoisotopic (exact) mass is 254 g/mol. The zero-order valence-electron chi connectivity index (χ0n) is 10.7. The molecule has 3 N–H and O–H groups in total. The molecule has 1 amide bonds. The number of ether oxygens (including phenoxy) is 1. The summed E-state index contributed by atoms with van der Waals surface area (Å²) in [6.45, 7) is 0.290. The van der Waals surface area contributed by atoms with E-state index in [-0.39, 0.29) is 12.5 Å². The highest BCUT2D eigenvalue weighted by molar-refractivity contribution is 5.88. The standard InChI is InChI=1S/C13H22N2O3/c14-13(8-9-18-12(13)17)15-11(16)7-6-10-4-2-1-3-5-10/h10H,1-9,14H2,(H,15,16)/t13-/m0/s1. The van der Waals surface area contributed by atoms with Crippen molar-refractivity contribution in [2.45, 2.75) is 57.0 Å². The van der Waals surface area contributed by atoms with Crippen molar-refractivity contribution in [1.29, 1.82) is 0 Å². The predicted octanol–water partition coefficient (Wildman–Crippen LogP) is 1.06. The summed E-state index contributed by atoms with van der Waals surface area (Å²) in [4.78, 5) is 23.2. The zero-order chi connectivity index (χ0) is 13.0. The van der Waals surface area contributed by atoms with Gasteiger partial charge in [0.1, 0.15) is 0 Å². The molecule has 2 rings (SSSR count). The number of carbonyl (C=O) groups is 2. The van der Waals surface area contributed by atoms with Gasteiger partial charge in [-0.25, -0.2) is 4.79 Å². The number of nitrogens with two attached hydrogens (primary N) is 1. The third-order valence-corrected chi connectivity index (χ3v) is 3.96. The molecule has 5 nitrogen and oxygen atoms in total. The Morgan fingerprint density at radius 3 is 2.72 bits per heavy atom. The molecule has 1 saturated heterocycles. The van der Waals surface area contributed by atoms with Gasteiger partial charge in [0.25, 0.3) is 0 Å². The van der Waals surface area contributed by atoms with Gasteiger partial charge in [0.05, 0.1) is 6.61 Å². The first-order valence-electron chi connectivity index (χ1n) is 6.87. The summed E-state index contributed by atoms with van der Waals surface area (Å²) in [7, 11) is 0. The summed E-state index contributed by atoms with van der Waals surface area (Å²) >= 11 is 0. The first kappa shape index (κ1) is 13.3. The van der Waals surface area contributed by atoms with Crippen molar-refractivity contribution < 1.29 is 14.3 Å². The summed E-state index contributed by atoms with van der Waals surface area (Å²) in [5.41, 5.74) is 4.52. The molecule has 1 saturated carbocycles. The van der Waals surface area contributed by atoms with Crippen molar-refractivity contribution in [2.75, 3.05) is 6.61 Å². The van der Waals surface area contributed by atoms with Gasteiger partial charge in [-0.3, -0.25) is 10.5 Å². The van der Waals surface area contributed by atoms with E-state index in [1.54, 1.807) is 0 Å². The van der Waals surface area contributed by atoms with Crippen LogP contribution in [0.1, 0.15) is 51.4 Å². The smallest absolute Gasteiger partial charge is 0.347 e. The maximum atomic E-state index is 11.8. The second-order valence-corrected chi connectivity index (χ2v) is 5.45. The fourth-order valence-corrected chi connectivity index (χ4v) is 2.77. The number of amides is 1. The van der Waals surface area contributed by atoms with Crippen molar-refractivity contribution >= 4 is 11.9 Å². The Morgan fingerprint density at radius 2 is 2.11 bits per heavy atom. The fourth-order valence-electron chi connectivity index (χ4n) is 2.77. The highest BCUT2D eigenvalue weighted by atomic mass is 16.5. The largest absolute Gasteiger partial charge is 0.463 e. The second kappa shape index (κ2) is 5.69. The normalized spacial score (nSPS) is 29.1. The molecule has 1 atom stereocenters. The minimum atomic E-state index is -1.29. The van der Waals surface area contributed by atoms with Crippen LogP contribution in [0.5, 0.6) is 0 Å². The van der Waals surface area contributed by atoms with Crippen LogP contribution in [0.4, 0.5) is 0 Å². The number of cyclic esters (lactones) is 1. The molecule has 5 heteroatoms. The molecule has 18 heavy (non-hydrogen) atoms. The molecule has 0 unspecified atom stereocenters. The van der Waals surface area contributed by atoms with E-state index < -0.39 is 11.6 Å². The molecule has 0 bridgehead atoms. The Morgan fingerprint density at radius 1 is 1.39 bits per heavy atom. The third kappa shape index (κ3) is 3.22. The highest BCUT2D eigenvalue weighted by Gasteiger charge is 2.42. The lowest BCUT2D eigenvalue weighted by atomic mass is 9.86. The molecular formula is C13H22N2O3. The van der Waals surface area contributed by atoms with Crippen LogP contribution in [0.2, 0.25) is 0 Å². The van der Waals surface area contributed by atoms with Crippen LogP contribution in [0.25, 0.3) is 0 Å². The number of hydrogen-bond acceptors (Lipinski definition) is 4. The summed E-state index contributed by atoms with van der Waals surface area (Å²) in [5, 5.41) is 2.61. The lowest BCUT2D eigenvalue weighted by Crippen LogP contribution is -2.59. The van der Waals surface area contributed by atoms with Gasteiger partial charge in [0.15, 0.2) is 5.66 Å². The zero-order valence-corrected chi connectivity index (χ0v) is 10.7. The lowest BCUT2D eigenvalue weighted by molar-refractivity contribution is -0.145. The summed E-state index contributed by atoms with van der Waals surface area (Å²) in [6, 6.07) is 0. The molecule has 0 radical (unpaired) electrons. The number of esters is 1. The Hall–Kier alpha value is -1.10. The van der Waals surface area contributed by atoms with Gasteiger partial charge in [0.2, 0.25) is 5.91 Å². The van der Waals surface area contributed by atoms with E-state index in [0.717, 1.165) is 6.42 Å². The van der Waals surface area contributed by atoms with Gasteiger partial charge in [0, 0.05) is 12.8 Å². The molecule has 0 spiro atoms. The van der Waals surface area contributed by atoms with Crippen LogP contribution >= 0.6 is 0 Å². The SMILES string of the molecule is N[C@]1(NC(=O)CCC2CCCCC2)CCOC1=O. The number of hydrogen-bond donors (Lipinski definition) is 2. The first-order valence-corrected chi connectivity index (χ1v) is 6.87. The van der Waals surface area contributed by atoms with E-state index in [4.69, 9.17) is 10.5 Å². The van der Waals surface area contributed by atoms with Gasteiger partial charge >= 0.3 is 5.97 Å². The van der Waals surface area contributed by atoms with Gasteiger partial charge < -0.3 is 10.1 Å². The molecule has 0 aromatic carbocycles. The van der Waals surface area contributed by atoms with Gasteiger partial charge in [-0.2, -0.15) is 0 Å². The fraction of sp³-hybridized carbons (Fsp3) is 0.846. The Bertz CT molecular complexity index is 326. The third-order valence-electron chi connectivity index (χ3n) is 3.96. The lowest BCUT2D eigenvalue weighted by Gasteiger charge is -2.23. The number of nitrogens with one attached hydrogen (secondary N) is 1. The molecule has 0 aromatic rings. The molecule has 2 fully saturated rings. The van der Waals surface area contributed by atoms with Crippen LogP contribution in [-0.2, 0) is 14.3 Å². The minimum Gasteiger partial charge on any atom is -0.463 e. The number of rotatable bonds is 4. The maximum absolute atomic E-state index is 11.8. The van der Waals surface area contributed by atoms with Crippen LogP contribution in [0, 0.1) is 5.92 Å². The van der Waals surface area contributed by atoms with E-state index in [9.17, 15) is 9.59 Å². The van der Waals surface area contributed by atoms with Crippen molar-refractivity contribution in [2.24, 2.45) is 11.7 Å². The first-order chi connectivity index (χ1) is 8.60. The molecule has 102 valence electrons. The highest BCUT2D eigenvalue weighted by Crippen LogP contribution is 2.27. The van der Waals surface area contributed by atoms with Gasteiger partial charge in [-0.05, 0) is 12.3 Å². The van der Waals surface area contributed by atoms with Crippen molar-refractivity contribution in [1.82, 2.24) is 5.32 Å². The van der Waals surface area contributed by atoms with Crippen molar-refractivity contribution in [3.63, 3.8) is 0 Å². The second-order valence-electron chi connectivity index (χ2n) is 5.45. The van der Waals surface area contributed by atoms with Crippen LogP contribution in [0.15, 0.2) is 0 Å². The average molecular weight is 254 g/mol. The molecule has 0 aromatic heterocycles. The Labute approximate surface area is 107 Å². The van der Waals surface area contributed by atoms with E-state index in [1.165, 1.54) is 32.1 Å². The molecule has 2 aliphatic rings. The molecule has 1 aliphatic heterocycles. The Kier molecular flexibility index (Phi) is 4.22. The molecule has 1 heterocycles. The van der Waals surface area contributed by atoms with E-state index in [0.29, 0.717) is 18.8 Å². The van der Waals surface area contributed by atoms with E-state index in [1.807, 2.05) is 0 Å². The van der Waals surface area contributed by atoms with Crippen LogP contribution < -0.4 is 11.1 Å². The topological polar surface area (TPSA) is 81.4 Å². The van der Waals surface area contributed by atoms with E-state index >= 15 is 0 Å². The van der Waals surface area contributed by atoms with Crippen molar-refractivity contribution in [3.05, 3.63) is 0 Å². The van der Waals surface area contributed by atoms with Crippen molar-refractivity contribution in [3.8, 4) is 0 Å². The summed E-state index contributed by atoms with van der Waals surface area (Å²) < 4.78 is 4.79. The van der Waals surface area contributed by atoms with E-state index in [2.05, 4.69) is 5.32 Å². The van der Waals surface area contributed by atoms with Crippen LogP contribution in [0.3, 0.4) is 0 Å². The Balaban J connectivity index is 1.73. The van der Waals surface area contributed by atoms with Gasteiger partial charge in [-0.15, -0.1) is 0 Å². The minimum absolute atomic E-state index is 0.137.